The van der Waals surface area contributed by atoms with Gasteiger partial charge >= 0.3 is 6.18 Å². The number of nitrogens with zero attached hydrogens (tertiary/aromatic N) is 3. The van der Waals surface area contributed by atoms with Gasteiger partial charge in [0, 0.05) is 30.5 Å². The number of aryl methyl sites for hydroxylation is 1. The zero-order chi connectivity index (χ0) is 22.7. The van der Waals surface area contributed by atoms with Crippen LogP contribution in [0.4, 0.5) is 24.5 Å². The molecule has 32 heavy (non-hydrogen) atoms. The minimum atomic E-state index is -4.36. The summed E-state index contributed by atoms with van der Waals surface area (Å²) in [5.41, 5.74) is 2.33. The molecule has 1 saturated heterocycles. The fourth-order valence-electron chi connectivity index (χ4n) is 3.83. The van der Waals surface area contributed by atoms with Crippen LogP contribution in [-0.4, -0.2) is 40.9 Å². The molecule has 2 heterocycles. The molecule has 0 aliphatic carbocycles. The molecule has 0 amide bonds. The van der Waals surface area contributed by atoms with Gasteiger partial charge in [-0.15, -0.1) is 0 Å². The van der Waals surface area contributed by atoms with Crippen LogP contribution in [0.3, 0.4) is 0 Å². The van der Waals surface area contributed by atoms with E-state index in [1.807, 2.05) is 25.2 Å². The molecular formula is C23H24BrF3N4O. The second-order valence-corrected chi connectivity index (χ2v) is 8.63. The molecule has 1 N–H and O–H groups in total. The molecule has 1 aromatic heterocycles. The Labute approximate surface area is 193 Å². The third kappa shape index (κ3) is 5.27. The van der Waals surface area contributed by atoms with Crippen molar-refractivity contribution < 1.29 is 17.9 Å². The molecule has 170 valence electrons. The highest BCUT2D eigenvalue weighted by Crippen LogP contribution is 2.37. The molecule has 5 nitrogen and oxygen atoms in total. The summed E-state index contributed by atoms with van der Waals surface area (Å²) in [4.78, 5) is 2.39. The molecule has 0 bridgehead atoms. The molecule has 0 saturated carbocycles. The maximum absolute atomic E-state index is 12.8. The van der Waals surface area contributed by atoms with E-state index >= 15 is 0 Å². The van der Waals surface area contributed by atoms with Crippen molar-refractivity contribution in [3.8, 4) is 17.0 Å². The Hall–Kier alpha value is -2.52. The quantitative estimate of drug-likeness (QED) is 0.419. The summed E-state index contributed by atoms with van der Waals surface area (Å²) in [6.45, 7) is 3.67. The minimum Gasteiger partial charge on any atom is -0.492 e. The van der Waals surface area contributed by atoms with E-state index in [0.29, 0.717) is 12.3 Å². The molecule has 2 aromatic carbocycles. The number of hydrogen-bond donors (Lipinski definition) is 1. The van der Waals surface area contributed by atoms with Crippen molar-refractivity contribution >= 4 is 27.3 Å². The summed E-state index contributed by atoms with van der Waals surface area (Å²) in [6.07, 6.45) is -0.167. The van der Waals surface area contributed by atoms with Gasteiger partial charge in [-0.1, -0.05) is 0 Å². The molecule has 0 radical (unpaired) electrons. The third-order valence-electron chi connectivity index (χ3n) is 5.49. The third-order valence-corrected chi connectivity index (χ3v) is 6.07. The minimum absolute atomic E-state index is 0.565. The summed E-state index contributed by atoms with van der Waals surface area (Å²) in [5.74, 6) is 0.728. The van der Waals surface area contributed by atoms with Crippen molar-refractivity contribution in [1.82, 2.24) is 14.7 Å². The highest BCUT2D eigenvalue weighted by atomic mass is 79.9. The zero-order valence-corrected chi connectivity index (χ0v) is 19.2. The van der Waals surface area contributed by atoms with E-state index in [2.05, 4.69) is 31.2 Å². The summed E-state index contributed by atoms with van der Waals surface area (Å²) >= 11 is 3.55. The topological polar surface area (TPSA) is 42.3 Å². The van der Waals surface area contributed by atoms with Crippen LogP contribution in [0, 0.1) is 0 Å². The second-order valence-electron chi connectivity index (χ2n) is 7.77. The van der Waals surface area contributed by atoms with E-state index in [0.717, 1.165) is 58.9 Å². The summed E-state index contributed by atoms with van der Waals surface area (Å²) in [7, 11) is 1.85. The first-order valence-corrected chi connectivity index (χ1v) is 11.2. The first kappa shape index (κ1) is 22.7. The van der Waals surface area contributed by atoms with Crippen molar-refractivity contribution in [2.24, 2.45) is 7.05 Å². The Bertz CT molecular complexity index is 1040. The first-order valence-electron chi connectivity index (χ1n) is 10.4. The Balaban J connectivity index is 1.57. The number of alkyl halides is 3. The van der Waals surface area contributed by atoms with Gasteiger partial charge in [0.2, 0.25) is 0 Å². The fraction of sp³-hybridized carbons (Fsp3) is 0.348. The lowest BCUT2D eigenvalue weighted by molar-refractivity contribution is -0.137. The molecule has 0 atom stereocenters. The number of likely N-dealkylation sites (tertiary alicyclic amines) is 1. The predicted octanol–water partition coefficient (Wildman–Crippen LogP) is 6.09. The smallest absolute Gasteiger partial charge is 0.416 e. The summed E-state index contributed by atoms with van der Waals surface area (Å²) in [6, 6.07) is 10.6. The summed E-state index contributed by atoms with van der Waals surface area (Å²) < 4.78 is 47.2. The van der Waals surface area contributed by atoms with E-state index in [4.69, 9.17) is 4.74 Å². The Morgan fingerprint density at radius 3 is 2.38 bits per heavy atom. The average Bonchev–Trinajstić information content (AvgIpc) is 3.38. The molecule has 9 heteroatoms. The van der Waals surface area contributed by atoms with Gasteiger partial charge < -0.3 is 10.1 Å². The van der Waals surface area contributed by atoms with Gasteiger partial charge in [0.25, 0.3) is 0 Å². The number of nitrogens with one attached hydrogen (secondary N) is 1. The Morgan fingerprint density at radius 1 is 1.06 bits per heavy atom. The van der Waals surface area contributed by atoms with Crippen LogP contribution in [0.1, 0.15) is 18.4 Å². The van der Waals surface area contributed by atoms with Crippen molar-refractivity contribution in [3.05, 3.63) is 58.7 Å². The molecule has 1 aliphatic heterocycles. The van der Waals surface area contributed by atoms with Crippen molar-refractivity contribution in [3.63, 3.8) is 0 Å². The van der Waals surface area contributed by atoms with Gasteiger partial charge in [0.15, 0.2) is 0 Å². The van der Waals surface area contributed by atoms with Crippen LogP contribution in [0.15, 0.2) is 53.1 Å². The second kappa shape index (κ2) is 9.54. The number of benzene rings is 2. The van der Waals surface area contributed by atoms with E-state index < -0.39 is 11.7 Å². The molecule has 0 spiro atoms. The van der Waals surface area contributed by atoms with Gasteiger partial charge in [0.05, 0.1) is 21.9 Å². The lowest BCUT2D eigenvalue weighted by Gasteiger charge is -2.18. The molecule has 1 fully saturated rings. The van der Waals surface area contributed by atoms with Gasteiger partial charge in [-0.25, -0.2) is 0 Å². The van der Waals surface area contributed by atoms with Crippen LogP contribution < -0.4 is 10.1 Å². The van der Waals surface area contributed by atoms with Crippen molar-refractivity contribution in [2.45, 2.75) is 19.0 Å². The van der Waals surface area contributed by atoms with E-state index in [-0.39, 0.29) is 0 Å². The molecule has 0 unspecified atom stereocenters. The number of anilines is 2. The maximum atomic E-state index is 12.8. The summed E-state index contributed by atoms with van der Waals surface area (Å²) in [5, 5.41) is 7.48. The molecular weight excluding hydrogens is 485 g/mol. The van der Waals surface area contributed by atoms with E-state index in [1.165, 1.54) is 25.0 Å². The normalized spacial score (nSPS) is 14.7. The van der Waals surface area contributed by atoms with Gasteiger partial charge in [-0.3, -0.25) is 9.58 Å². The SMILES string of the molecule is Cn1ncc(Br)c1-c1cc(Nc2ccc(C(F)(F)F)cc2)ccc1OCCN1CCCC1. The Morgan fingerprint density at radius 2 is 1.75 bits per heavy atom. The largest absolute Gasteiger partial charge is 0.492 e. The van der Waals surface area contributed by atoms with Crippen LogP contribution in [-0.2, 0) is 13.2 Å². The Kier molecular flexibility index (Phi) is 6.76. The molecule has 1 aliphatic rings. The van der Waals surface area contributed by atoms with Gasteiger partial charge in [-0.2, -0.15) is 18.3 Å². The van der Waals surface area contributed by atoms with Crippen LogP contribution >= 0.6 is 15.9 Å². The van der Waals surface area contributed by atoms with Crippen molar-refractivity contribution in [1.29, 1.82) is 0 Å². The molecule has 3 aromatic rings. The number of aromatic nitrogens is 2. The van der Waals surface area contributed by atoms with Crippen LogP contribution in [0.5, 0.6) is 5.75 Å². The van der Waals surface area contributed by atoms with Crippen LogP contribution in [0.25, 0.3) is 11.3 Å². The average molecular weight is 509 g/mol. The predicted molar refractivity (Wildman–Crippen MR) is 122 cm³/mol. The fourth-order valence-corrected chi connectivity index (χ4v) is 4.39. The molecule has 4 rings (SSSR count). The first-order chi connectivity index (χ1) is 15.3. The van der Waals surface area contributed by atoms with Crippen molar-refractivity contribution in [2.75, 3.05) is 31.6 Å². The lowest BCUT2D eigenvalue weighted by Crippen LogP contribution is -2.25. The van der Waals surface area contributed by atoms with E-state index in [9.17, 15) is 13.2 Å². The zero-order valence-electron chi connectivity index (χ0n) is 17.6. The number of hydrogen-bond acceptors (Lipinski definition) is 4. The van der Waals surface area contributed by atoms with Gasteiger partial charge in [-0.05, 0) is 84.3 Å². The standard InChI is InChI=1S/C23H24BrF3N4O/c1-30-22(20(24)15-28-30)19-14-18(29-17-6-4-16(5-7-17)23(25,26)27)8-9-21(19)32-13-12-31-10-2-3-11-31/h4-9,14-15,29H,2-3,10-13H2,1H3. The monoisotopic (exact) mass is 508 g/mol. The lowest BCUT2D eigenvalue weighted by atomic mass is 10.1. The number of halogens is 4. The van der Waals surface area contributed by atoms with Gasteiger partial charge in [0.1, 0.15) is 12.4 Å². The number of ether oxygens (including phenoxy) is 1. The van der Waals surface area contributed by atoms with E-state index in [1.54, 1.807) is 10.9 Å². The number of rotatable bonds is 7. The highest BCUT2D eigenvalue weighted by Gasteiger charge is 2.30. The van der Waals surface area contributed by atoms with Crippen LogP contribution in [0.2, 0.25) is 0 Å². The maximum Gasteiger partial charge on any atom is 0.416 e. The highest BCUT2D eigenvalue weighted by molar-refractivity contribution is 9.10.